The molecule has 1 aliphatic rings. The van der Waals surface area contributed by atoms with Gasteiger partial charge in [-0.15, -0.1) is 5.10 Å². The SMILES string of the molecule is CC(C)C(c1ccc(C(F)(F)F)nc1)n1cc(-c2cc(-c3ccc(C4CC(F)(F)C4)nc3)n3nc(N)nc3c2)cn1. The predicted octanol–water partition coefficient (Wildman–Crippen LogP) is 6.41. The number of hydrogen-bond acceptors (Lipinski definition) is 6. The maximum atomic E-state index is 13.3. The lowest BCUT2D eigenvalue weighted by atomic mass is 9.79. The van der Waals surface area contributed by atoms with Gasteiger partial charge in [-0.1, -0.05) is 19.9 Å². The molecular weight excluding hydrogens is 543 g/mol. The van der Waals surface area contributed by atoms with E-state index in [0.29, 0.717) is 28.2 Å². The summed E-state index contributed by atoms with van der Waals surface area (Å²) in [5, 5.41) is 8.83. The van der Waals surface area contributed by atoms with E-state index in [1.165, 1.54) is 12.3 Å². The molecule has 212 valence electrons. The summed E-state index contributed by atoms with van der Waals surface area (Å²) < 4.78 is 69.1. The predicted molar refractivity (Wildman–Crippen MR) is 141 cm³/mol. The van der Waals surface area contributed by atoms with Gasteiger partial charge in [-0.25, -0.2) is 13.3 Å². The second-order valence-electron chi connectivity index (χ2n) is 10.7. The summed E-state index contributed by atoms with van der Waals surface area (Å²) in [5.41, 5.74) is 9.46. The molecule has 13 heteroatoms. The fourth-order valence-electron chi connectivity index (χ4n) is 5.27. The number of aromatic nitrogens is 7. The highest BCUT2D eigenvalue weighted by molar-refractivity contribution is 5.74. The summed E-state index contributed by atoms with van der Waals surface area (Å²) in [6, 6.07) is 9.27. The summed E-state index contributed by atoms with van der Waals surface area (Å²) in [6.45, 7) is 3.91. The lowest BCUT2D eigenvalue weighted by Gasteiger charge is -2.34. The van der Waals surface area contributed by atoms with Crippen LogP contribution < -0.4 is 5.73 Å². The quantitative estimate of drug-likeness (QED) is 0.238. The normalized spacial score (nSPS) is 16.3. The summed E-state index contributed by atoms with van der Waals surface area (Å²) in [5.74, 6) is -2.83. The van der Waals surface area contributed by atoms with E-state index in [-0.39, 0.29) is 36.7 Å². The first-order valence-electron chi connectivity index (χ1n) is 13.0. The monoisotopic (exact) mass is 568 g/mol. The van der Waals surface area contributed by atoms with Gasteiger partial charge in [0.2, 0.25) is 11.9 Å². The number of halogens is 5. The first kappa shape index (κ1) is 26.8. The smallest absolute Gasteiger partial charge is 0.366 e. The minimum atomic E-state index is -4.52. The molecule has 1 atom stereocenters. The Morgan fingerprint density at radius 2 is 1.73 bits per heavy atom. The molecule has 6 rings (SSSR count). The second-order valence-corrected chi connectivity index (χ2v) is 10.7. The van der Waals surface area contributed by atoms with Gasteiger partial charge < -0.3 is 5.73 Å². The number of anilines is 1. The Balaban J connectivity index is 1.35. The zero-order chi connectivity index (χ0) is 29.1. The number of alkyl halides is 5. The molecule has 1 aliphatic carbocycles. The summed E-state index contributed by atoms with van der Waals surface area (Å²) in [6.07, 6.45) is 1.41. The molecule has 0 amide bonds. The fraction of sp³-hybridized carbons (Fsp3) is 0.321. The highest BCUT2D eigenvalue weighted by Gasteiger charge is 2.46. The van der Waals surface area contributed by atoms with Crippen LogP contribution in [0.3, 0.4) is 0 Å². The highest BCUT2D eigenvalue weighted by atomic mass is 19.4. The van der Waals surface area contributed by atoms with E-state index in [0.717, 1.165) is 17.2 Å². The Morgan fingerprint density at radius 1 is 0.951 bits per heavy atom. The van der Waals surface area contributed by atoms with Crippen LogP contribution in [0, 0.1) is 5.92 Å². The molecule has 0 bridgehead atoms. The van der Waals surface area contributed by atoms with E-state index in [9.17, 15) is 22.0 Å². The van der Waals surface area contributed by atoms with E-state index < -0.39 is 17.8 Å². The molecule has 1 saturated carbocycles. The van der Waals surface area contributed by atoms with Crippen molar-refractivity contribution in [2.24, 2.45) is 5.92 Å². The van der Waals surface area contributed by atoms with Gasteiger partial charge >= 0.3 is 6.18 Å². The number of hydrogen-bond donors (Lipinski definition) is 1. The number of fused-ring (bicyclic) bond motifs is 1. The van der Waals surface area contributed by atoms with Crippen molar-refractivity contribution in [2.45, 2.75) is 50.7 Å². The largest absolute Gasteiger partial charge is 0.433 e. The maximum Gasteiger partial charge on any atom is 0.433 e. The van der Waals surface area contributed by atoms with Gasteiger partial charge in [-0.2, -0.15) is 23.3 Å². The second kappa shape index (κ2) is 9.60. The number of nitrogens with zero attached hydrogens (tertiary/aromatic N) is 7. The Kier molecular flexibility index (Phi) is 6.27. The topological polar surface area (TPSA) is 99.8 Å². The van der Waals surface area contributed by atoms with E-state index in [1.807, 2.05) is 32.2 Å². The van der Waals surface area contributed by atoms with E-state index in [1.54, 1.807) is 33.7 Å². The van der Waals surface area contributed by atoms with E-state index in [2.05, 4.69) is 25.1 Å². The molecular formula is C28H25F5N8. The standard InChI is InChI=1S/C28H25F5N8/c1-15(2)25(17-4-6-23(36-12-17)28(31,32)33)40-14-20(13-37-40)18-7-22(41-24(8-18)38-26(34)39-41)16-3-5-21(35-11-16)19-9-27(29,30)10-19/h3-8,11-15,19,25H,9-10H2,1-2H3,(H2,34,39). The number of nitrogen functional groups attached to an aromatic ring is 1. The zero-order valence-electron chi connectivity index (χ0n) is 22.0. The minimum absolute atomic E-state index is 0.00386. The van der Waals surface area contributed by atoms with Gasteiger partial charge in [-0.3, -0.25) is 14.6 Å². The van der Waals surface area contributed by atoms with Crippen molar-refractivity contribution in [3.05, 3.63) is 78.1 Å². The summed E-state index contributed by atoms with van der Waals surface area (Å²) in [7, 11) is 0. The molecule has 0 saturated heterocycles. The van der Waals surface area contributed by atoms with E-state index in [4.69, 9.17) is 5.73 Å². The number of nitrogens with two attached hydrogens (primary N) is 1. The van der Waals surface area contributed by atoms with Gasteiger partial charge in [0.15, 0.2) is 5.65 Å². The average molecular weight is 569 g/mol. The molecule has 0 radical (unpaired) electrons. The van der Waals surface area contributed by atoms with Crippen molar-refractivity contribution in [1.82, 2.24) is 34.3 Å². The lowest BCUT2D eigenvalue weighted by molar-refractivity contribution is -0.141. The van der Waals surface area contributed by atoms with Crippen molar-refractivity contribution in [3.8, 4) is 22.4 Å². The number of pyridine rings is 3. The van der Waals surface area contributed by atoms with Crippen LogP contribution in [0.1, 0.15) is 55.6 Å². The van der Waals surface area contributed by atoms with Crippen LogP contribution in [-0.4, -0.2) is 40.3 Å². The summed E-state index contributed by atoms with van der Waals surface area (Å²) in [4.78, 5) is 12.4. The van der Waals surface area contributed by atoms with Crippen LogP contribution in [0.4, 0.5) is 27.9 Å². The first-order chi connectivity index (χ1) is 19.4. The number of rotatable bonds is 6. The van der Waals surface area contributed by atoms with Crippen LogP contribution in [-0.2, 0) is 6.18 Å². The molecule has 0 aromatic carbocycles. The molecule has 5 aromatic heterocycles. The fourth-order valence-corrected chi connectivity index (χ4v) is 5.27. The van der Waals surface area contributed by atoms with Crippen LogP contribution in [0.5, 0.6) is 0 Å². The van der Waals surface area contributed by atoms with Crippen LogP contribution in [0.15, 0.2) is 61.2 Å². The van der Waals surface area contributed by atoms with Crippen molar-refractivity contribution < 1.29 is 22.0 Å². The van der Waals surface area contributed by atoms with Crippen LogP contribution in [0.2, 0.25) is 0 Å². The van der Waals surface area contributed by atoms with Gasteiger partial charge in [0, 0.05) is 54.2 Å². The molecule has 8 nitrogen and oxygen atoms in total. The molecule has 5 aromatic rings. The Hall–Kier alpha value is -4.42. The third kappa shape index (κ3) is 5.11. The Bertz CT molecular complexity index is 1700. The lowest BCUT2D eigenvalue weighted by Crippen LogP contribution is -2.34. The molecule has 1 fully saturated rings. The Morgan fingerprint density at radius 3 is 2.34 bits per heavy atom. The van der Waals surface area contributed by atoms with Crippen molar-refractivity contribution in [3.63, 3.8) is 0 Å². The zero-order valence-corrected chi connectivity index (χ0v) is 22.0. The van der Waals surface area contributed by atoms with Gasteiger partial charge in [-0.05, 0) is 47.4 Å². The molecule has 1 unspecified atom stereocenters. The maximum absolute atomic E-state index is 13.3. The van der Waals surface area contributed by atoms with Crippen molar-refractivity contribution >= 4 is 11.6 Å². The summed E-state index contributed by atoms with van der Waals surface area (Å²) >= 11 is 0. The van der Waals surface area contributed by atoms with Crippen LogP contribution in [0.25, 0.3) is 28.0 Å². The van der Waals surface area contributed by atoms with Crippen LogP contribution >= 0.6 is 0 Å². The molecule has 41 heavy (non-hydrogen) atoms. The van der Waals surface area contributed by atoms with E-state index >= 15 is 0 Å². The third-order valence-corrected chi connectivity index (χ3v) is 7.31. The molecule has 5 heterocycles. The molecule has 2 N–H and O–H groups in total. The third-order valence-electron chi connectivity index (χ3n) is 7.31. The van der Waals surface area contributed by atoms with Gasteiger partial charge in [0.25, 0.3) is 0 Å². The molecule has 0 spiro atoms. The van der Waals surface area contributed by atoms with Crippen molar-refractivity contribution in [2.75, 3.05) is 5.73 Å². The first-order valence-corrected chi connectivity index (χ1v) is 13.0. The average Bonchev–Trinajstić information content (AvgIpc) is 3.52. The van der Waals surface area contributed by atoms with Gasteiger partial charge in [0.05, 0.1) is 17.9 Å². The minimum Gasteiger partial charge on any atom is -0.366 e. The van der Waals surface area contributed by atoms with Crippen molar-refractivity contribution in [1.29, 1.82) is 0 Å². The molecule has 0 aliphatic heterocycles. The van der Waals surface area contributed by atoms with Gasteiger partial charge in [0.1, 0.15) is 5.69 Å². The Labute approximate surface area is 231 Å². The highest BCUT2D eigenvalue weighted by Crippen LogP contribution is 2.47.